The van der Waals surface area contributed by atoms with Gasteiger partial charge in [-0.3, -0.25) is 9.80 Å². The highest BCUT2D eigenvalue weighted by Crippen LogP contribution is 2.52. The molecule has 0 radical (unpaired) electrons. The highest BCUT2D eigenvalue weighted by molar-refractivity contribution is 5.65. The maximum atomic E-state index is 11.6. The summed E-state index contributed by atoms with van der Waals surface area (Å²) in [4.78, 5) is 4.60. The third kappa shape index (κ3) is 5.13. The number of likely N-dealkylation sites (N-methyl/N-ethyl adjacent to an activating group) is 2. The van der Waals surface area contributed by atoms with Gasteiger partial charge in [0, 0.05) is 36.3 Å². The average molecular weight is 625 g/mol. The lowest BCUT2D eigenvalue weighted by atomic mass is 9.87. The molecule has 4 aromatic rings. The van der Waals surface area contributed by atoms with Gasteiger partial charge in [0.15, 0.2) is 34.5 Å². The van der Waals surface area contributed by atoms with Crippen molar-refractivity contribution in [1.29, 1.82) is 0 Å². The lowest BCUT2D eigenvalue weighted by molar-refractivity contribution is 0.222. The predicted molar refractivity (Wildman–Crippen MR) is 174 cm³/mol. The quantitative estimate of drug-likeness (QED) is 0.263. The first kappa shape index (κ1) is 30.1. The molecular weight excluding hydrogens is 584 g/mol. The molecule has 4 aliphatic heterocycles. The molecule has 46 heavy (non-hydrogen) atoms. The Labute approximate surface area is 269 Å². The Hall–Kier alpha value is -4.60. The lowest BCUT2D eigenvalue weighted by Gasteiger charge is -2.37. The van der Waals surface area contributed by atoms with Crippen LogP contribution in [0.4, 0.5) is 0 Å². The normalized spacial score (nSPS) is 19.2. The number of hydrogen-bond donors (Lipinski definition) is 2. The molecule has 0 amide bonds. The van der Waals surface area contributed by atoms with Gasteiger partial charge in [-0.15, -0.1) is 0 Å². The highest BCUT2D eigenvalue weighted by atomic mass is 16.5. The van der Waals surface area contributed by atoms with E-state index in [1.807, 2.05) is 36.4 Å². The second-order valence-corrected chi connectivity index (χ2v) is 12.4. The van der Waals surface area contributed by atoms with Crippen molar-refractivity contribution < 1.29 is 33.9 Å². The van der Waals surface area contributed by atoms with E-state index in [0.717, 1.165) is 58.6 Å². The van der Waals surface area contributed by atoms with Gasteiger partial charge in [0.1, 0.15) is 5.75 Å². The van der Waals surface area contributed by atoms with Crippen LogP contribution in [0, 0.1) is 0 Å². The van der Waals surface area contributed by atoms with E-state index in [2.05, 4.69) is 42.1 Å². The Bertz CT molecular complexity index is 1790. The van der Waals surface area contributed by atoms with Crippen molar-refractivity contribution in [2.45, 2.75) is 37.8 Å². The molecular formula is C37H40N2O7. The molecule has 10 bridgehead atoms. The number of phenolic OH excluding ortho intramolecular Hbond substituents is 2. The summed E-state index contributed by atoms with van der Waals surface area (Å²) in [5.74, 6) is 3.24. The summed E-state index contributed by atoms with van der Waals surface area (Å²) in [5.41, 5.74) is 5.92. The number of methoxy groups -OCH3 is 3. The SMILES string of the molecule is COc1ccc2cc1Oc1ccc(cc1)C[C@H]1c3cc(OC)c(O)c(c3CCN1C)Oc1cc3c(c(O)c1OC)CCN(C)[C@H]3C2. The van der Waals surface area contributed by atoms with E-state index in [1.54, 1.807) is 14.2 Å². The molecule has 8 rings (SSSR count). The van der Waals surface area contributed by atoms with Crippen molar-refractivity contribution in [2.24, 2.45) is 0 Å². The van der Waals surface area contributed by atoms with Gasteiger partial charge in [0.2, 0.25) is 11.5 Å². The van der Waals surface area contributed by atoms with Crippen LogP contribution in [0.5, 0.6) is 51.7 Å². The standard InChI is InChI=1S/C37H40N2O7/c1-38-14-12-24-26-20-33(37(44-5)34(24)40)46-36-25-13-15-39(2)28(27(25)19-32(43-4)35(36)41)16-21-6-9-23(10-7-21)45-31-18-22(17-29(26)38)8-11-30(31)42-3/h6-11,18-20,28-29,40-41H,12-17H2,1-5H3/t28-,29-/m0/s1. The van der Waals surface area contributed by atoms with Crippen LogP contribution in [-0.2, 0) is 25.7 Å². The maximum Gasteiger partial charge on any atom is 0.204 e. The summed E-state index contributed by atoms with van der Waals surface area (Å²) in [6.45, 7) is 1.54. The van der Waals surface area contributed by atoms with E-state index in [1.165, 1.54) is 7.11 Å². The first-order valence-corrected chi connectivity index (χ1v) is 15.7. The monoisotopic (exact) mass is 624 g/mol. The largest absolute Gasteiger partial charge is 0.504 e. The molecule has 0 aliphatic carbocycles. The first-order chi connectivity index (χ1) is 22.3. The van der Waals surface area contributed by atoms with E-state index in [4.69, 9.17) is 23.7 Å². The van der Waals surface area contributed by atoms with Crippen LogP contribution in [0.25, 0.3) is 0 Å². The third-order valence-corrected chi connectivity index (χ3v) is 9.80. The average Bonchev–Trinajstić information content (AvgIpc) is 3.05. The fourth-order valence-electron chi connectivity index (χ4n) is 7.22. The molecule has 0 saturated carbocycles. The number of rotatable bonds is 3. The Morgan fingerprint density at radius 3 is 1.96 bits per heavy atom. The summed E-state index contributed by atoms with van der Waals surface area (Å²) in [5, 5.41) is 23.1. The van der Waals surface area contributed by atoms with Crippen molar-refractivity contribution in [1.82, 2.24) is 9.80 Å². The van der Waals surface area contributed by atoms with Gasteiger partial charge in [-0.2, -0.15) is 0 Å². The summed E-state index contributed by atoms with van der Waals surface area (Å²) >= 11 is 0. The minimum absolute atomic E-state index is 0.00286. The lowest BCUT2D eigenvalue weighted by Crippen LogP contribution is -2.34. The fourth-order valence-corrected chi connectivity index (χ4v) is 7.22. The van der Waals surface area contributed by atoms with E-state index < -0.39 is 0 Å². The Morgan fingerprint density at radius 1 is 0.652 bits per heavy atom. The minimum Gasteiger partial charge on any atom is -0.504 e. The molecule has 4 aromatic carbocycles. The molecule has 2 N–H and O–H groups in total. The summed E-state index contributed by atoms with van der Waals surface area (Å²) in [6.07, 6.45) is 2.71. The molecule has 9 nitrogen and oxygen atoms in total. The number of fused-ring (bicyclic) bond motifs is 2. The van der Waals surface area contributed by atoms with Crippen molar-refractivity contribution in [3.63, 3.8) is 0 Å². The molecule has 240 valence electrons. The Kier molecular flexibility index (Phi) is 7.82. The number of ether oxygens (including phenoxy) is 5. The summed E-state index contributed by atoms with van der Waals surface area (Å²) < 4.78 is 30.2. The van der Waals surface area contributed by atoms with Gasteiger partial charge < -0.3 is 33.9 Å². The van der Waals surface area contributed by atoms with Crippen LogP contribution in [0.3, 0.4) is 0 Å². The zero-order valence-corrected chi connectivity index (χ0v) is 26.9. The molecule has 4 heterocycles. The second kappa shape index (κ2) is 12.0. The molecule has 9 heteroatoms. The zero-order valence-electron chi connectivity index (χ0n) is 26.9. The van der Waals surface area contributed by atoms with E-state index in [0.29, 0.717) is 48.0 Å². The fraction of sp³-hybridized carbons (Fsp3) is 0.351. The zero-order chi connectivity index (χ0) is 32.1. The van der Waals surface area contributed by atoms with Gasteiger partial charge in [-0.05, 0) is 98.4 Å². The van der Waals surface area contributed by atoms with E-state index in [9.17, 15) is 10.2 Å². The topological polar surface area (TPSA) is 93.1 Å². The van der Waals surface area contributed by atoms with Crippen LogP contribution in [0.15, 0.2) is 54.6 Å². The van der Waals surface area contributed by atoms with Crippen molar-refractivity contribution in [2.75, 3.05) is 48.5 Å². The van der Waals surface area contributed by atoms with Crippen molar-refractivity contribution in [3.05, 3.63) is 88.0 Å². The first-order valence-electron chi connectivity index (χ1n) is 15.7. The Morgan fingerprint density at radius 2 is 1.28 bits per heavy atom. The molecule has 0 unspecified atom stereocenters. The second-order valence-electron chi connectivity index (χ2n) is 12.4. The number of nitrogens with zero attached hydrogens (tertiary/aromatic N) is 2. The van der Waals surface area contributed by atoms with Gasteiger partial charge in [-0.25, -0.2) is 0 Å². The number of hydrogen-bond acceptors (Lipinski definition) is 9. The Balaban J connectivity index is 1.46. The van der Waals surface area contributed by atoms with Crippen LogP contribution >= 0.6 is 0 Å². The van der Waals surface area contributed by atoms with Crippen molar-refractivity contribution >= 4 is 0 Å². The molecule has 0 spiro atoms. The van der Waals surface area contributed by atoms with Gasteiger partial charge in [0.25, 0.3) is 0 Å². The van der Waals surface area contributed by atoms with E-state index in [-0.39, 0.29) is 29.3 Å². The number of phenols is 2. The smallest absolute Gasteiger partial charge is 0.204 e. The van der Waals surface area contributed by atoms with Crippen LogP contribution in [0.2, 0.25) is 0 Å². The van der Waals surface area contributed by atoms with Gasteiger partial charge >= 0.3 is 0 Å². The minimum atomic E-state index is -0.0735. The van der Waals surface area contributed by atoms with Crippen LogP contribution in [0.1, 0.15) is 45.5 Å². The molecule has 0 saturated heterocycles. The van der Waals surface area contributed by atoms with Crippen molar-refractivity contribution in [3.8, 4) is 51.7 Å². The van der Waals surface area contributed by atoms with Crippen LogP contribution < -0.4 is 23.7 Å². The summed E-state index contributed by atoms with van der Waals surface area (Å²) in [6, 6.07) is 18.0. The van der Waals surface area contributed by atoms with E-state index >= 15 is 0 Å². The number of benzene rings is 4. The predicted octanol–water partition coefficient (Wildman–Crippen LogP) is 6.57. The van der Waals surface area contributed by atoms with Gasteiger partial charge in [0.05, 0.1) is 21.3 Å². The van der Waals surface area contributed by atoms with Crippen LogP contribution in [-0.4, -0.2) is 68.5 Å². The molecule has 0 aromatic heterocycles. The highest BCUT2D eigenvalue weighted by Gasteiger charge is 2.34. The molecule has 2 atom stereocenters. The third-order valence-electron chi connectivity index (χ3n) is 9.80. The molecule has 4 aliphatic rings. The number of aromatic hydroxyl groups is 2. The maximum absolute atomic E-state index is 11.6. The summed E-state index contributed by atoms with van der Waals surface area (Å²) in [7, 11) is 8.92. The van der Waals surface area contributed by atoms with Gasteiger partial charge in [-0.1, -0.05) is 18.2 Å². The molecule has 0 fully saturated rings.